The smallest absolute Gasteiger partial charge is 0.272 e. The van der Waals surface area contributed by atoms with Gasteiger partial charge >= 0.3 is 0 Å². The summed E-state index contributed by atoms with van der Waals surface area (Å²) in [7, 11) is 4.36. The predicted octanol–water partition coefficient (Wildman–Crippen LogP) is 1.07. The first kappa shape index (κ1) is 17.0. The standard InChI is InChI=1S/C19H24N6O/c1-23-11-14-9-13(10-15(12-23)24(14)2)21-19(26)18-16-5-3-4-6-17(16)25(22-18)8-7-20/h3-6,13-15H,8-12H2,1-2H3,(H,21,26). The highest BCUT2D eigenvalue weighted by atomic mass is 16.2. The maximum absolute atomic E-state index is 12.9. The number of nitrogens with zero attached hydrogens (tertiary/aromatic N) is 5. The molecule has 7 nitrogen and oxygen atoms in total. The van der Waals surface area contributed by atoms with Crippen LogP contribution in [0.4, 0.5) is 0 Å². The molecule has 7 heteroatoms. The number of rotatable bonds is 3. The Hall–Kier alpha value is -2.43. The van der Waals surface area contributed by atoms with Crippen LogP contribution in [-0.4, -0.2) is 70.8 Å². The van der Waals surface area contributed by atoms with Crippen LogP contribution in [0.5, 0.6) is 0 Å². The van der Waals surface area contributed by atoms with Crippen LogP contribution in [0.15, 0.2) is 24.3 Å². The van der Waals surface area contributed by atoms with Crippen molar-refractivity contribution in [3.8, 4) is 6.07 Å². The molecule has 26 heavy (non-hydrogen) atoms. The Balaban J connectivity index is 1.54. The Morgan fingerprint density at radius 2 is 1.96 bits per heavy atom. The second kappa shape index (κ2) is 6.71. The van der Waals surface area contributed by atoms with Gasteiger partial charge < -0.3 is 10.2 Å². The largest absolute Gasteiger partial charge is 0.348 e. The summed E-state index contributed by atoms with van der Waals surface area (Å²) >= 11 is 0. The number of likely N-dealkylation sites (tertiary alicyclic amines) is 1. The second-order valence-corrected chi connectivity index (χ2v) is 7.52. The van der Waals surface area contributed by atoms with Gasteiger partial charge in [0.1, 0.15) is 6.54 Å². The van der Waals surface area contributed by atoms with Gasteiger partial charge in [-0.2, -0.15) is 10.4 Å². The monoisotopic (exact) mass is 352 g/mol. The van der Waals surface area contributed by atoms with Crippen LogP contribution in [-0.2, 0) is 6.54 Å². The van der Waals surface area contributed by atoms with Crippen molar-refractivity contribution in [2.24, 2.45) is 0 Å². The number of amides is 1. The van der Waals surface area contributed by atoms with E-state index in [1.54, 1.807) is 4.68 Å². The Kier molecular flexibility index (Phi) is 4.39. The minimum Gasteiger partial charge on any atom is -0.348 e. The minimum absolute atomic E-state index is 0.137. The maximum atomic E-state index is 12.9. The van der Waals surface area contributed by atoms with Gasteiger partial charge in [-0.05, 0) is 33.0 Å². The molecule has 2 unspecified atom stereocenters. The Bertz CT molecular complexity index is 853. The number of hydrogen-bond acceptors (Lipinski definition) is 5. The van der Waals surface area contributed by atoms with E-state index in [2.05, 4.69) is 40.4 Å². The first-order chi connectivity index (χ1) is 12.6. The SMILES string of the molecule is CN1CC2CC(NC(=O)c3nn(CC#N)c4ccccc34)CC(C1)N2C. The second-order valence-electron chi connectivity index (χ2n) is 7.52. The van der Waals surface area contributed by atoms with Gasteiger partial charge in [0, 0.05) is 36.6 Å². The average molecular weight is 352 g/mol. The molecule has 1 N–H and O–H groups in total. The molecule has 136 valence electrons. The molecule has 2 aliphatic heterocycles. The average Bonchev–Trinajstić information content (AvgIpc) is 2.96. The quantitative estimate of drug-likeness (QED) is 0.894. The maximum Gasteiger partial charge on any atom is 0.272 e. The zero-order valence-corrected chi connectivity index (χ0v) is 15.2. The summed E-state index contributed by atoms with van der Waals surface area (Å²) in [6.07, 6.45) is 1.92. The molecular formula is C19H24N6O. The fourth-order valence-electron chi connectivity index (χ4n) is 4.44. The van der Waals surface area contributed by atoms with Crippen LogP contribution in [0.2, 0.25) is 0 Å². The molecule has 2 aromatic rings. The Morgan fingerprint density at radius 1 is 1.27 bits per heavy atom. The van der Waals surface area contributed by atoms with Gasteiger partial charge in [0.25, 0.3) is 5.91 Å². The number of aromatic nitrogens is 2. The molecule has 2 atom stereocenters. The number of piperidine rings is 1. The fraction of sp³-hybridized carbons (Fsp3) is 0.526. The molecule has 4 rings (SSSR count). The summed E-state index contributed by atoms with van der Waals surface area (Å²) in [6.45, 7) is 2.22. The molecule has 1 aromatic carbocycles. The lowest BCUT2D eigenvalue weighted by atomic mass is 9.88. The first-order valence-corrected chi connectivity index (χ1v) is 9.10. The van der Waals surface area contributed by atoms with Crippen LogP contribution in [0.25, 0.3) is 10.9 Å². The van der Waals surface area contributed by atoms with Gasteiger partial charge in [0.2, 0.25) is 0 Å². The number of piperazine rings is 1. The topological polar surface area (TPSA) is 77.2 Å². The lowest BCUT2D eigenvalue weighted by molar-refractivity contribution is 0.00837. The zero-order chi connectivity index (χ0) is 18.3. The molecule has 2 aliphatic rings. The number of hydrogen-bond donors (Lipinski definition) is 1. The van der Waals surface area contributed by atoms with Crippen molar-refractivity contribution in [1.29, 1.82) is 5.26 Å². The lowest BCUT2D eigenvalue weighted by Gasteiger charge is -2.50. The molecule has 0 radical (unpaired) electrons. The molecule has 2 fully saturated rings. The third-order valence-electron chi connectivity index (χ3n) is 5.74. The normalized spacial score (nSPS) is 26.6. The molecular weight excluding hydrogens is 328 g/mol. The number of fused-ring (bicyclic) bond motifs is 3. The Labute approximate surface area is 153 Å². The predicted molar refractivity (Wildman–Crippen MR) is 98.7 cm³/mol. The van der Waals surface area contributed by atoms with Crippen LogP contribution < -0.4 is 5.32 Å². The zero-order valence-electron chi connectivity index (χ0n) is 15.2. The van der Waals surface area contributed by atoms with Crippen molar-refractivity contribution in [3.63, 3.8) is 0 Å². The highest BCUT2D eigenvalue weighted by molar-refractivity contribution is 6.05. The summed E-state index contributed by atoms with van der Waals surface area (Å²) in [5, 5.41) is 17.4. The van der Waals surface area contributed by atoms with Crippen molar-refractivity contribution >= 4 is 16.8 Å². The van der Waals surface area contributed by atoms with Gasteiger partial charge in [-0.25, -0.2) is 4.68 Å². The van der Waals surface area contributed by atoms with E-state index >= 15 is 0 Å². The van der Waals surface area contributed by atoms with Crippen molar-refractivity contribution in [1.82, 2.24) is 24.9 Å². The summed E-state index contributed by atoms with van der Waals surface area (Å²) in [5.41, 5.74) is 1.23. The number of carbonyl (C=O) groups excluding carboxylic acids is 1. The number of nitrogens with one attached hydrogen (secondary N) is 1. The molecule has 1 aromatic heterocycles. The van der Waals surface area contributed by atoms with Gasteiger partial charge in [0.15, 0.2) is 5.69 Å². The van der Waals surface area contributed by atoms with E-state index in [-0.39, 0.29) is 18.5 Å². The van der Waals surface area contributed by atoms with Gasteiger partial charge in [-0.3, -0.25) is 9.69 Å². The number of nitriles is 1. The number of para-hydroxylation sites is 1. The third-order valence-corrected chi connectivity index (χ3v) is 5.74. The van der Waals surface area contributed by atoms with Crippen LogP contribution in [0.1, 0.15) is 23.3 Å². The molecule has 1 amide bonds. The molecule has 2 bridgehead atoms. The van der Waals surface area contributed by atoms with E-state index in [0.717, 1.165) is 36.8 Å². The van der Waals surface area contributed by atoms with Gasteiger partial charge in [0.05, 0.1) is 11.6 Å². The van der Waals surface area contributed by atoms with E-state index in [4.69, 9.17) is 5.26 Å². The van der Waals surface area contributed by atoms with Crippen molar-refractivity contribution in [2.75, 3.05) is 27.2 Å². The third kappa shape index (κ3) is 2.96. The molecule has 2 saturated heterocycles. The van der Waals surface area contributed by atoms with Crippen LogP contribution >= 0.6 is 0 Å². The van der Waals surface area contributed by atoms with Crippen LogP contribution in [0, 0.1) is 11.3 Å². The van der Waals surface area contributed by atoms with E-state index < -0.39 is 0 Å². The highest BCUT2D eigenvalue weighted by Gasteiger charge is 2.38. The number of carbonyl (C=O) groups is 1. The van der Waals surface area contributed by atoms with Gasteiger partial charge in [-0.1, -0.05) is 18.2 Å². The van der Waals surface area contributed by atoms with E-state index in [1.807, 2.05) is 24.3 Å². The lowest BCUT2D eigenvalue weighted by Crippen LogP contribution is -2.63. The summed E-state index contributed by atoms with van der Waals surface area (Å²) in [5.74, 6) is -0.140. The number of benzene rings is 1. The Morgan fingerprint density at radius 3 is 2.65 bits per heavy atom. The molecule has 0 spiro atoms. The van der Waals surface area contributed by atoms with E-state index in [0.29, 0.717) is 17.8 Å². The number of likely N-dealkylation sites (N-methyl/N-ethyl adjacent to an activating group) is 2. The van der Waals surface area contributed by atoms with Crippen LogP contribution in [0.3, 0.4) is 0 Å². The van der Waals surface area contributed by atoms with E-state index in [9.17, 15) is 4.79 Å². The summed E-state index contributed by atoms with van der Waals surface area (Å²) in [6, 6.07) is 10.8. The van der Waals surface area contributed by atoms with Crippen molar-refractivity contribution in [2.45, 2.75) is 37.5 Å². The van der Waals surface area contributed by atoms with E-state index in [1.165, 1.54) is 0 Å². The minimum atomic E-state index is -0.140. The van der Waals surface area contributed by atoms with Crippen molar-refractivity contribution < 1.29 is 4.79 Å². The van der Waals surface area contributed by atoms with Gasteiger partial charge in [-0.15, -0.1) is 0 Å². The molecule has 0 aliphatic carbocycles. The first-order valence-electron chi connectivity index (χ1n) is 9.10. The molecule has 3 heterocycles. The summed E-state index contributed by atoms with van der Waals surface area (Å²) < 4.78 is 1.60. The van der Waals surface area contributed by atoms with Crippen molar-refractivity contribution in [3.05, 3.63) is 30.0 Å². The molecule has 0 saturated carbocycles. The summed E-state index contributed by atoms with van der Waals surface area (Å²) in [4.78, 5) is 17.8. The fourth-order valence-corrected chi connectivity index (χ4v) is 4.44. The highest BCUT2D eigenvalue weighted by Crippen LogP contribution is 2.27.